The predicted octanol–water partition coefficient (Wildman–Crippen LogP) is 5.48. The van der Waals surface area contributed by atoms with E-state index in [0.717, 1.165) is 36.4 Å². The van der Waals surface area contributed by atoms with Crippen LogP contribution in [0.4, 0.5) is 4.39 Å². The molecule has 0 spiro atoms. The summed E-state index contributed by atoms with van der Waals surface area (Å²) in [6.45, 7) is 11.5. The van der Waals surface area contributed by atoms with Gasteiger partial charge in [0.15, 0.2) is 0 Å². The fourth-order valence-corrected chi connectivity index (χ4v) is 4.75. The lowest BCUT2D eigenvalue weighted by molar-refractivity contribution is 0.0715. The summed E-state index contributed by atoms with van der Waals surface area (Å²) >= 11 is 0. The van der Waals surface area contributed by atoms with Crippen LogP contribution in [0.3, 0.4) is 0 Å². The first-order valence-electron chi connectivity index (χ1n) is 12.2. The standard InChI is InChI=1S/C27H35FN4O/c1-4-12-32-25-11-10-21(18-30-13-5-6-14-30)15-24(25)29-26(32)19-31(17-20(2)3)27(33)22-8-7-9-23(28)16-22/h7-11,15-16,20H,4-6,12-14,17-19H2,1-3H3. The van der Waals surface area contributed by atoms with Crippen LogP contribution in [0.5, 0.6) is 0 Å². The summed E-state index contributed by atoms with van der Waals surface area (Å²) in [4.78, 5) is 22.6. The lowest BCUT2D eigenvalue weighted by atomic mass is 10.1. The predicted molar refractivity (Wildman–Crippen MR) is 131 cm³/mol. The van der Waals surface area contributed by atoms with E-state index in [2.05, 4.69) is 48.4 Å². The smallest absolute Gasteiger partial charge is 0.254 e. The number of halogens is 1. The molecule has 0 saturated carbocycles. The molecule has 6 heteroatoms. The molecule has 1 aliphatic heterocycles. The van der Waals surface area contributed by atoms with Crippen LogP contribution in [0.15, 0.2) is 42.5 Å². The molecule has 0 atom stereocenters. The van der Waals surface area contributed by atoms with Crippen molar-refractivity contribution < 1.29 is 9.18 Å². The van der Waals surface area contributed by atoms with E-state index < -0.39 is 5.82 Å². The van der Waals surface area contributed by atoms with Crippen LogP contribution in [0.2, 0.25) is 0 Å². The number of carbonyl (C=O) groups is 1. The number of nitrogens with zero attached hydrogens (tertiary/aromatic N) is 4. The van der Waals surface area contributed by atoms with Crippen molar-refractivity contribution in [2.45, 2.75) is 59.7 Å². The number of hydrogen-bond acceptors (Lipinski definition) is 3. The first-order chi connectivity index (χ1) is 15.9. The maximum Gasteiger partial charge on any atom is 0.254 e. The van der Waals surface area contributed by atoms with Gasteiger partial charge in [-0.3, -0.25) is 9.69 Å². The lowest BCUT2D eigenvalue weighted by Gasteiger charge is -2.25. The highest BCUT2D eigenvalue weighted by molar-refractivity contribution is 5.94. The Morgan fingerprint density at radius 3 is 2.64 bits per heavy atom. The van der Waals surface area contributed by atoms with Crippen LogP contribution in [-0.2, 0) is 19.6 Å². The molecule has 0 unspecified atom stereocenters. The largest absolute Gasteiger partial charge is 0.331 e. The van der Waals surface area contributed by atoms with E-state index in [1.807, 2.05) is 0 Å². The van der Waals surface area contributed by atoms with E-state index in [9.17, 15) is 9.18 Å². The normalized spacial score (nSPS) is 14.5. The average molecular weight is 451 g/mol. The van der Waals surface area contributed by atoms with Gasteiger partial charge in [0.2, 0.25) is 0 Å². The zero-order valence-electron chi connectivity index (χ0n) is 20.1. The minimum Gasteiger partial charge on any atom is -0.331 e. The molecule has 0 aliphatic carbocycles. The number of rotatable bonds is 9. The summed E-state index contributed by atoms with van der Waals surface area (Å²) in [5.41, 5.74) is 3.76. The summed E-state index contributed by atoms with van der Waals surface area (Å²) in [6, 6.07) is 12.5. The van der Waals surface area contributed by atoms with Gasteiger partial charge in [-0.2, -0.15) is 0 Å². The molecule has 0 radical (unpaired) electrons. The van der Waals surface area contributed by atoms with Gasteiger partial charge in [0.1, 0.15) is 11.6 Å². The Bertz CT molecular complexity index is 1100. The maximum absolute atomic E-state index is 13.8. The summed E-state index contributed by atoms with van der Waals surface area (Å²) < 4.78 is 16.0. The summed E-state index contributed by atoms with van der Waals surface area (Å²) in [6.07, 6.45) is 3.54. The fourth-order valence-electron chi connectivity index (χ4n) is 4.75. The number of carbonyl (C=O) groups excluding carboxylic acids is 1. The SMILES string of the molecule is CCCn1c(CN(CC(C)C)C(=O)c2cccc(F)c2)nc2cc(CN3CCCC3)ccc21. The Kier molecular flexibility index (Phi) is 7.43. The van der Waals surface area contributed by atoms with Gasteiger partial charge in [-0.05, 0) is 74.2 Å². The van der Waals surface area contributed by atoms with E-state index in [4.69, 9.17) is 4.98 Å². The second kappa shape index (κ2) is 10.5. The van der Waals surface area contributed by atoms with E-state index in [0.29, 0.717) is 24.6 Å². The molecule has 2 aromatic carbocycles. The second-order valence-electron chi connectivity index (χ2n) is 9.58. The molecule has 33 heavy (non-hydrogen) atoms. The first-order valence-corrected chi connectivity index (χ1v) is 12.2. The molecule has 5 nitrogen and oxygen atoms in total. The number of amides is 1. The van der Waals surface area contributed by atoms with Gasteiger partial charge < -0.3 is 9.47 Å². The molecule has 4 rings (SSSR count). The summed E-state index contributed by atoms with van der Waals surface area (Å²) in [5, 5.41) is 0. The van der Waals surface area contributed by atoms with Crippen molar-refractivity contribution in [3.8, 4) is 0 Å². The maximum atomic E-state index is 13.8. The molecule has 1 aromatic heterocycles. The Morgan fingerprint density at radius 1 is 1.15 bits per heavy atom. The van der Waals surface area contributed by atoms with Crippen LogP contribution in [0.1, 0.15) is 61.8 Å². The van der Waals surface area contributed by atoms with Crippen molar-refractivity contribution in [1.29, 1.82) is 0 Å². The molecule has 176 valence electrons. The molecule has 0 N–H and O–H groups in total. The monoisotopic (exact) mass is 450 g/mol. The number of aryl methyl sites for hydroxylation is 1. The number of benzene rings is 2. The van der Waals surface area contributed by atoms with Crippen LogP contribution in [0, 0.1) is 11.7 Å². The minimum atomic E-state index is -0.394. The molecular weight excluding hydrogens is 415 g/mol. The number of hydrogen-bond donors (Lipinski definition) is 0. The first kappa shape index (κ1) is 23.4. The molecule has 1 amide bonds. The molecule has 2 heterocycles. The van der Waals surface area contributed by atoms with Crippen LogP contribution in [-0.4, -0.2) is 44.9 Å². The van der Waals surface area contributed by atoms with Crippen molar-refractivity contribution in [1.82, 2.24) is 19.4 Å². The van der Waals surface area contributed by atoms with Crippen LogP contribution >= 0.6 is 0 Å². The second-order valence-corrected chi connectivity index (χ2v) is 9.58. The van der Waals surface area contributed by atoms with E-state index in [1.165, 1.54) is 43.6 Å². The van der Waals surface area contributed by atoms with Gasteiger partial charge in [0, 0.05) is 25.2 Å². The third-order valence-corrected chi connectivity index (χ3v) is 6.22. The Morgan fingerprint density at radius 2 is 1.94 bits per heavy atom. The quantitative estimate of drug-likeness (QED) is 0.433. The molecule has 1 saturated heterocycles. The Hall–Kier alpha value is -2.73. The highest BCUT2D eigenvalue weighted by atomic mass is 19.1. The number of fused-ring (bicyclic) bond motifs is 1. The van der Waals surface area contributed by atoms with Crippen molar-refractivity contribution in [2.75, 3.05) is 19.6 Å². The van der Waals surface area contributed by atoms with Crippen molar-refractivity contribution in [2.24, 2.45) is 5.92 Å². The summed E-state index contributed by atoms with van der Waals surface area (Å²) in [5.74, 6) is 0.622. The Balaban J connectivity index is 1.64. The van der Waals surface area contributed by atoms with Crippen LogP contribution < -0.4 is 0 Å². The number of imidazole rings is 1. The molecular formula is C27H35FN4O. The molecule has 1 aliphatic rings. The van der Waals surface area contributed by atoms with Gasteiger partial charge in [-0.25, -0.2) is 9.37 Å². The fraction of sp³-hybridized carbons (Fsp3) is 0.481. The van der Waals surface area contributed by atoms with Gasteiger partial charge in [0.05, 0.1) is 17.6 Å². The number of likely N-dealkylation sites (tertiary alicyclic amines) is 1. The van der Waals surface area contributed by atoms with Gasteiger partial charge in [-0.15, -0.1) is 0 Å². The van der Waals surface area contributed by atoms with E-state index in [1.54, 1.807) is 17.0 Å². The number of aromatic nitrogens is 2. The highest BCUT2D eigenvalue weighted by Crippen LogP contribution is 2.23. The topological polar surface area (TPSA) is 41.4 Å². The third-order valence-electron chi connectivity index (χ3n) is 6.22. The van der Waals surface area contributed by atoms with Crippen molar-refractivity contribution in [3.05, 3.63) is 65.2 Å². The molecule has 0 bridgehead atoms. The van der Waals surface area contributed by atoms with Gasteiger partial charge in [0.25, 0.3) is 5.91 Å². The zero-order chi connectivity index (χ0) is 23.4. The van der Waals surface area contributed by atoms with Gasteiger partial charge >= 0.3 is 0 Å². The van der Waals surface area contributed by atoms with E-state index in [-0.39, 0.29) is 5.91 Å². The van der Waals surface area contributed by atoms with Crippen molar-refractivity contribution >= 4 is 16.9 Å². The average Bonchev–Trinajstić information content (AvgIpc) is 3.40. The highest BCUT2D eigenvalue weighted by Gasteiger charge is 2.22. The zero-order valence-corrected chi connectivity index (χ0v) is 20.1. The molecule has 3 aromatic rings. The Labute approximate surface area is 196 Å². The van der Waals surface area contributed by atoms with Crippen molar-refractivity contribution in [3.63, 3.8) is 0 Å². The molecule has 1 fully saturated rings. The van der Waals surface area contributed by atoms with E-state index >= 15 is 0 Å². The lowest BCUT2D eigenvalue weighted by Crippen LogP contribution is -2.34. The summed E-state index contributed by atoms with van der Waals surface area (Å²) in [7, 11) is 0. The third kappa shape index (κ3) is 5.61. The van der Waals surface area contributed by atoms with Gasteiger partial charge in [-0.1, -0.05) is 32.9 Å². The minimum absolute atomic E-state index is 0.159. The van der Waals surface area contributed by atoms with Crippen LogP contribution in [0.25, 0.3) is 11.0 Å².